The Hall–Kier alpha value is -3.63. The standard InChI is InChI=1S/C19H27N5O6/c1-11(25)24(12(2)26)16(10-13-5-7-14(27)8-6-13)17(28)23-15(18(29)30)4-3-9-22-19(20)21/h5-8,15-16,27H,3-4,9-10H2,1-2H3,(H,23,28)(H,29,30)(H4,20,21,22)/t15-,16-/m0/s1. The Bertz CT molecular complexity index is 790. The summed E-state index contributed by atoms with van der Waals surface area (Å²) in [5.41, 5.74) is 11.0. The lowest BCUT2D eigenvalue weighted by atomic mass is 10.0. The van der Waals surface area contributed by atoms with Crippen LogP contribution in [-0.4, -0.2) is 63.4 Å². The van der Waals surface area contributed by atoms with Gasteiger partial charge in [-0.15, -0.1) is 0 Å². The van der Waals surface area contributed by atoms with Crippen molar-refractivity contribution in [2.75, 3.05) is 6.54 Å². The second kappa shape index (κ2) is 11.4. The number of carboxylic acids is 1. The third kappa shape index (κ3) is 7.78. The van der Waals surface area contributed by atoms with Gasteiger partial charge >= 0.3 is 5.97 Å². The molecular weight excluding hydrogens is 394 g/mol. The van der Waals surface area contributed by atoms with Gasteiger partial charge < -0.3 is 27.0 Å². The van der Waals surface area contributed by atoms with Gasteiger partial charge in [0.05, 0.1) is 0 Å². The highest BCUT2D eigenvalue weighted by atomic mass is 16.4. The Morgan fingerprint density at radius 1 is 1.10 bits per heavy atom. The number of nitrogens with one attached hydrogen (secondary N) is 1. The Balaban J connectivity index is 3.04. The number of benzene rings is 1. The highest BCUT2D eigenvalue weighted by Gasteiger charge is 2.33. The van der Waals surface area contributed by atoms with Crippen LogP contribution in [0.3, 0.4) is 0 Å². The van der Waals surface area contributed by atoms with Crippen molar-refractivity contribution in [3.8, 4) is 5.75 Å². The summed E-state index contributed by atoms with van der Waals surface area (Å²) in [6.07, 6.45) is 0.288. The van der Waals surface area contributed by atoms with Gasteiger partial charge in [-0.3, -0.25) is 24.3 Å². The van der Waals surface area contributed by atoms with Gasteiger partial charge in [-0.05, 0) is 30.5 Å². The lowest BCUT2D eigenvalue weighted by Gasteiger charge is -2.28. The summed E-state index contributed by atoms with van der Waals surface area (Å²) in [4.78, 5) is 53.0. The Kier molecular flexibility index (Phi) is 9.27. The van der Waals surface area contributed by atoms with Gasteiger partial charge in [0.1, 0.15) is 17.8 Å². The number of carbonyl (C=O) groups excluding carboxylic acids is 3. The summed E-state index contributed by atoms with van der Waals surface area (Å²) < 4.78 is 0. The number of aliphatic carboxylic acids is 1. The molecule has 1 aromatic rings. The summed E-state index contributed by atoms with van der Waals surface area (Å²) in [5.74, 6) is -3.47. The van der Waals surface area contributed by atoms with E-state index in [0.29, 0.717) is 12.0 Å². The number of nitrogens with zero attached hydrogens (tertiary/aromatic N) is 2. The number of hydrogen-bond acceptors (Lipinski definition) is 6. The Morgan fingerprint density at radius 2 is 1.67 bits per heavy atom. The van der Waals surface area contributed by atoms with Crippen LogP contribution in [0.15, 0.2) is 29.3 Å². The molecule has 0 saturated heterocycles. The van der Waals surface area contributed by atoms with Crippen molar-refractivity contribution in [1.29, 1.82) is 0 Å². The largest absolute Gasteiger partial charge is 0.508 e. The smallest absolute Gasteiger partial charge is 0.326 e. The van der Waals surface area contributed by atoms with E-state index in [4.69, 9.17) is 11.5 Å². The summed E-state index contributed by atoms with van der Waals surface area (Å²) in [6.45, 7) is 2.47. The molecule has 0 aromatic heterocycles. The minimum absolute atomic E-state index is 0.0152. The second-order valence-electron chi connectivity index (χ2n) is 6.64. The van der Waals surface area contributed by atoms with Crippen molar-refractivity contribution < 1.29 is 29.4 Å². The number of carbonyl (C=O) groups is 4. The van der Waals surface area contributed by atoms with E-state index in [0.717, 1.165) is 18.7 Å². The SMILES string of the molecule is CC(=O)N(C(C)=O)[C@@H](Cc1ccc(O)cc1)C(=O)N[C@@H](CCCN=C(N)N)C(=O)O. The highest BCUT2D eigenvalue weighted by molar-refractivity contribution is 5.99. The van der Waals surface area contributed by atoms with Crippen LogP contribution in [-0.2, 0) is 25.6 Å². The molecule has 1 aromatic carbocycles. The number of imide groups is 1. The molecule has 0 aliphatic carbocycles. The van der Waals surface area contributed by atoms with E-state index in [1.54, 1.807) is 0 Å². The lowest BCUT2D eigenvalue weighted by Crippen LogP contribution is -2.55. The topological polar surface area (TPSA) is 188 Å². The normalized spacial score (nSPS) is 12.3. The van der Waals surface area contributed by atoms with E-state index >= 15 is 0 Å². The van der Waals surface area contributed by atoms with Crippen molar-refractivity contribution in [3.63, 3.8) is 0 Å². The molecule has 0 radical (unpaired) electrons. The summed E-state index contributed by atoms with van der Waals surface area (Å²) in [7, 11) is 0. The molecule has 0 aliphatic rings. The lowest BCUT2D eigenvalue weighted by molar-refractivity contribution is -0.150. The number of rotatable bonds is 10. The molecule has 30 heavy (non-hydrogen) atoms. The molecule has 0 heterocycles. The van der Waals surface area contributed by atoms with Crippen molar-refractivity contribution in [3.05, 3.63) is 29.8 Å². The van der Waals surface area contributed by atoms with E-state index < -0.39 is 35.8 Å². The van der Waals surface area contributed by atoms with Crippen LogP contribution in [0.25, 0.3) is 0 Å². The zero-order valence-electron chi connectivity index (χ0n) is 16.9. The summed E-state index contributed by atoms with van der Waals surface area (Å²) in [6, 6.07) is 3.37. The number of aromatic hydroxyl groups is 1. The van der Waals surface area contributed by atoms with E-state index in [2.05, 4.69) is 10.3 Å². The Morgan fingerprint density at radius 3 is 2.13 bits per heavy atom. The molecule has 0 spiro atoms. The van der Waals surface area contributed by atoms with Crippen LogP contribution in [0, 0.1) is 0 Å². The first kappa shape index (κ1) is 24.4. The van der Waals surface area contributed by atoms with Gasteiger partial charge in [-0.2, -0.15) is 0 Å². The third-order valence-corrected chi connectivity index (χ3v) is 4.22. The van der Waals surface area contributed by atoms with Crippen molar-refractivity contribution in [2.45, 2.75) is 45.2 Å². The van der Waals surface area contributed by atoms with Crippen molar-refractivity contribution in [1.82, 2.24) is 10.2 Å². The van der Waals surface area contributed by atoms with Gasteiger partial charge in [-0.1, -0.05) is 12.1 Å². The first-order valence-corrected chi connectivity index (χ1v) is 9.19. The molecule has 2 atom stereocenters. The van der Waals surface area contributed by atoms with Crippen LogP contribution >= 0.6 is 0 Å². The van der Waals surface area contributed by atoms with Crippen LogP contribution in [0.4, 0.5) is 0 Å². The second-order valence-corrected chi connectivity index (χ2v) is 6.64. The first-order chi connectivity index (χ1) is 14.0. The molecule has 0 unspecified atom stereocenters. The molecule has 0 saturated carbocycles. The summed E-state index contributed by atoms with van der Waals surface area (Å²) >= 11 is 0. The van der Waals surface area contributed by atoms with E-state index in [1.165, 1.54) is 24.3 Å². The maximum Gasteiger partial charge on any atom is 0.326 e. The molecule has 11 nitrogen and oxygen atoms in total. The predicted octanol–water partition coefficient (Wildman–Crippen LogP) is -0.679. The molecule has 0 bridgehead atoms. The zero-order valence-corrected chi connectivity index (χ0v) is 16.9. The molecule has 1 rings (SSSR count). The summed E-state index contributed by atoms with van der Waals surface area (Å²) in [5, 5.41) is 21.2. The van der Waals surface area contributed by atoms with Crippen LogP contribution in [0.2, 0.25) is 0 Å². The molecule has 0 fully saturated rings. The molecular formula is C19H27N5O6. The fourth-order valence-corrected chi connectivity index (χ4v) is 2.85. The maximum absolute atomic E-state index is 12.9. The van der Waals surface area contributed by atoms with E-state index in [1.807, 2.05) is 0 Å². The third-order valence-electron chi connectivity index (χ3n) is 4.22. The minimum Gasteiger partial charge on any atom is -0.508 e. The van der Waals surface area contributed by atoms with Gasteiger partial charge in [0.15, 0.2) is 5.96 Å². The zero-order chi connectivity index (χ0) is 22.8. The quantitative estimate of drug-likeness (QED) is 0.186. The number of phenols is 1. The number of aliphatic imine (C=N–C) groups is 1. The van der Waals surface area contributed by atoms with E-state index in [-0.39, 0.29) is 31.1 Å². The van der Waals surface area contributed by atoms with Gasteiger partial charge in [0.2, 0.25) is 17.7 Å². The number of phenolic OH excluding ortho intramolecular Hbond substituents is 1. The number of carboxylic acid groups (broad SMARTS) is 1. The number of amides is 3. The van der Waals surface area contributed by atoms with Gasteiger partial charge in [0.25, 0.3) is 0 Å². The van der Waals surface area contributed by atoms with Gasteiger partial charge in [-0.25, -0.2) is 4.79 Å². The molecule has 0 aliphatic heterocycles. The molecule has 7 N–H and O–H groups in total. The molecule has 3 amide bonds. The van der Waals surface area contributed by atoms with Gasteiger partial charge in [0, 0.05) is 26.8 Å². The minimum atomic E-state index is -1.27. The maximum atomic E-state index is 12.9. The average Bonchev–Trinajstić information content (AvgIpc) is 2.64. The van der Waals surface area contributed by atoms with E-state index in [9.17, 15) is 29.4 Å². The van der Waals surface area contributed by atoms with Crippen LogP contribution in [0.5, 0.6) is 5.75 Å². The molecule has 164 valence electrons. The fraction of sp³-hybridized carbons (Fsp3) is 0.421. The van der Waals surface area contributed by atoms with Crippen LogP contribution in [0.1, 0.15) is 32.3 Å². The average molecular weight is 421 g/mol. The first-order valence-electron chi connectivity index (χ1n) is 9.19. The molecule has 11 heteroatoms. The number of guanidine groups is 1. The number of nitrogens with two attached hydrogens (primary N) is 2. The van der Waals surface area contributed by atoms with Crippen LogP contribution < -0.4 is 16.8 Å². The monoisotopic (exact) mass is 421 g/mol. The fourth-order valence-electron chi connectivity index (χ4n) is 2.85. The highest BCUT2D eigenvalue weighted by Crippen LogP contribution is 2.15. The Labute approximate surface area is 173 Å². The predicted molar refractivity (Wildman–Crippen MR) is 108 cm³/mol. The van der Waals surface area contributed by atoms with Crippen molar-refractivity contribution in [2.24, 2.45) is 16.5 Å². The number of hydrogen-bond donors (Lipinski definition) is 5. The van der Waals surface area contributed by atoms with Crippen molar-refractivity contribution >= 4 is 29.7 Å².